The summed E-state index contributed by atoms with van der Waals surface area (Å²) >= 11 is 0. The van der Waals surface area contributed by atoms with Crippen LogP contribution in [0.5, 0.6) is 0 Å². The Morgan fingerprint density at radius 3 is 2.26 bits per heavy atom. The molecule has 3 nitrogen and oxygen atoms in total. The molecule has 0 aromatic carbocycles. The van der Waals surface area contributed by atoms with Crippen LogP contribution in [0.15, 0.2) is 0 Å². The molecule has 1 saturated heterocycles. The number of likely N-dealkylation sites (N-methyl/N-ethyl adjacent to an activating group) is 1. The maximum Gasteiger partial charge on any atom is 0.0462 e. The first-order valence-electron chi connectivity index (χ1n) is 8.22. The van der Waals surface area contributed by atoms with Crippen LogP contribution in [0.4, 0.5) is 0 Å². The van der Waals surface area contributed by atoms with Gasteiger partial charge in [-0.1, -0.05) is 20.8 Å². The van der Waals surface area contributed by atoms with Crippen molar-refractivity contribution in [2.24, 2.45) is 0 Å². The van der Waals surface area contributed by atoms with Gasteiger partial charge < -0.3 is 10.1 Å². The van der Waals surface area contributed by atoms with E-state index in [-0.39, 0.29) is 0 Å². The summed E-state index contributed by atoms with van der Waals surface area (Å²) in [5.74, 6) is 0. The van der Waals surface area contributed by atoms with Crippen LogP contribution >= 0.6 is 0 Å². The summed E-state index contributed by atoms with van der Waals surface area (Å²) in [7, 11) is 1.80. The number of rotatable bonds is 10. The molecule has 114 valence electrons. The summed E-state index contributed by atoms with van der Waals surface area (Å²) in [4.78, 5) is 2.76. The minimum atomic E-state index is 0.347. The van der Waals surface area contributed by atoms with E-state index in [1.807, 2.05) is 0 Å². The first-order chi connectivity index (χ1) is 9.25. The maximum atomic E-state index is 5.23. The van der Waals surface area contributed by atoms with Gasteiger partial charge in [-0.15, -0.1) is 0 Å². The molecule has 0 aliphatic carbocycles. The van der Waals surface area contributed by atoms with E-state index in [9.17, 15) is 0 Å². The maximum absolute atomic E-state index is 5.23. The van der Waals surface area contributed by atoms with E-state index in [0.717, 1.165) is 19.6 Å². The molecule has 1 unspecified atom stereocenters. The van der Waals surface area contributed by atoms with Crippen LogP contribution < -0.4 is 5.32 Å². The fourth-order valence-corrected chi connectivity index (χ4v) is 3.81. The minimum Gasteiger partial charge on any atom is -0.385 e. The van der Waals surface area contributed by atoms with Crippen LogP contribution in [-0.4, -0.2) is 49.8 Å². The number of nitrogens with one attached hydrogen (secondary N) is 1. The lowest BCUT2D eigenvalue weighted by molar-refractivity contribution is 0.0549. The molecule has 0 radical (unpaired) electrons. The molecule has 1 fully saturated rings. The van der Waals surface area contributed by atoms with Gasteiger partial charge in [0, 0.05) is 25.3 Å². The van der Waals surface area contributed by atoms with Crippen molar-refractivity contribution in [1.29, 1.82) is 0 Å². The van der Waals surface area contributed by atoms with Crippen LogP contribution in [0.2, 0.25) is 0 Å². The molecule has 0 aromatic heterocycles. The molecule has 0 amide bonds. The van der Waals surface area contributed by atoms with Gasteiger partial charge in [0.25, 0.3) is 0 Å². The van der Waals surface area contributed by atoms with Crippen molar-refractivity contribution in [3.8, 4) is 0 Å². The minimum absolute atomic E-state index is 0.347. The van der Waals surface area contributed by atoms with E-state index < -0.39 is 0 Å². The summed E-state index contributed by atoms with van der Waals surface area (Å²) in [6.07, 6.45) is 7.61. The molecule has 0 bridgehead atoms. The molecule has 0 aromatic rings. The molecule has 1 aliphatic rings. The van der Waals surface area contributed by atoms with Crippen molar-refractivity contribution in [3.05, 3.63) is 0 Å². The third-order valence-electron chi connectivity index (χ3n) is 4.90. The third kappa shape index (κ3) is 4.17. The number of hydrogen-bond acceptors (Lipinski definition) is 3. The summed E-state index contributed by atoms with van der Waals surface area (Å²) in [6, 6.07) is 0.598. The van der Waals surface area contributed by atoms with Crippen LogP contribution in [0, 0.1) is 0 Å². The molecule has 3 heteroatoms. The van der Waals surface area contributed by atoms with Gasteiger partial charge >= 0.3 is 0 Å². The van der Waals surface area contributed by atoms with Gasteiger partial charge in [0.15, 0.2) is 0 Å². The van der Waals surface area contributed by atoms with Gasteiger partial charge in [-0.2, -0.15) is 0 Å². The van der Waals surface area contributed by atoms with E-state index in [1.165, 1.54) is 45.2 Å². The largest absolute Gasteiger partial charge is 0.385 e. The van der Waals surface area contributed by atoms with Crippen molar-refractivity contribution in [3.63, 3.8) is 0 Å². The smallest absolute Gasteiger partial charge is 0.0462 e. The number of likely N-dealkylation sites (tertiary alicyclic amines) is 1. The zero-order valence-corrected chi connectivity index (χ0v) is 13.5. The number of methoxy groups -OCH3 is 1. The molecule has 1 rings (SSSR count). The Morgan fingerprint density at radius 1 is 1.16 bits per heavy atom. The second-order valence-corrected chi connectivity index (χ2v) is 5.75. The highest BCUT2D eigenvalue weighted by Crippen LogP contribution is 2.33. The monoisotopic (exact) mass is 270 g/mol. The lowest BCUT2D eigenvalue weighted by Crippen LogP contribution is -2.60. The third-order valence-corrected chi connectivity index (χ3v) is 4.90. The summed E-state index contributed by atoms with van der Waals surface area (Å²) in [5, 5.41) is 3.76. The number of ether oxygens (including phenoxy) is 1. The zero-order valence-electron chi connectivity index (χ0n) is 13.5. The van der Waals surface area contributed by atoms with Gasteiger partial charge in [-0.3, -0.25) is 4.90 Å². The summed E-state index contributed by atoms with van der Waals surface area (Å²) in [6.45, 7) is 11.5. The Morgan fingerprint density at radius 2 is 1.79 bits per heavy atom. The van der Waals surface area contributed by atoms with E-state index in [4.69, 9.17) is 4.74 Å². The Labute approximate surface area is 120 Å². The predicted molar refractivity (Wildman–Crippen MR) is 82.7 cm³/mol. The van der Waals surface area contributed by atoms with Gasteiger partial charge in [0.05, 0.1) is 0 Å². The van der Waals surface area contributed by atoms with Gasteiger partial charge in [-0.25, -0.2) is 0 Å². The summed E-state index contributed by atoms with van der Waals surface area (Å²) < 4.78 is 5.23. The molecule has 0 saturated carbocycles. The molecular weight excluding hydrogens is 236 g/mol. The number of nitrogens with zero attached hydrogens (tertiary/aromatic N) is 1. The predicted octanol–water partition coefficient (Wildman–Crippen LogP) is 3.05. The quantitative estimate of drug-likeness (QED) is 0.618. The average Bonchev–Trinajstić information content (AvgIpc) is 2.95. The fraction of sp³-hybridized carbons (Fsp3) is 1.00. The Kier molecular flexibility index (Phi) is 7.96. The average molecular weight is 270 g/mol. The van der Waals surface area contributed by atoms with E-state index in [2.05, 4.69) is 31.0 Å². The lowest BCUT2D eigenvalue weighted by atomic mass is 9.80. The highest BCUT2D eigenvalue weighted by molar-refractivity contribution is 5.00. The normalized spacial score (nSPS) is 18.9. The van der Waals surface area contributed by atoms with E-state index in [1.54, 1.807) is 7.11 Å². The van der Waals surface area contributed by atoms with Crippen molar-refractivity contribution in [1.82, 2.24) is 10.2 Å². The standard InChI is InChI=1S/C16H34N2O/c1-5-16(6-2,18-12-8-9-13-18)15(17-7-3)11-10-14-19-4/h15,17H,5-14H2,1-4H3. The van der Waals surface area contributed by atoms with Crippen LogP contribution in [0.3, 0.4) is 0 Å². The van der Waals surface area contributed by atoms with Gasteiger partial charge in [-0.05, 0) is 58.2 Å². The van der Waals surface area contributed by atoms with Crippen LogP contribution in [0.1, 0.15) is 59.3 Å². The molecule has 1 aliphatic heterocycles. The topological polar surface area (TPSA) is 24.5 Å². The SMILES string of the molecule is CCNC(CCCOC)C(CC)(CC)N1CCCC1. The fourth-order valence-electron chi connectivity index (χ4n) is 3.81. The van der Waals surface area contributed by atoms with Crippen molar-refractivity contribution >= 4 is 0 Å². The van der Waals surface area contributed by atoms with Crippen molar-refractivity contribution in [2.75, 3.05) is 33.4 Å². The molecule has 1 heterocycles. The first-order valence-corrected chi connectivity index (χ1v) is 8.22. The Balaban J connectivity index is 2.76. The zero-order chi connectivity index (χ0) is 14.1. The molecule has 1 atom stereocenters. The van der Waals surface area contributed by atoms with E-state index >= 15 is 0 Å². The Bertz CT molecular complexity index is 223. The van der Waals surface area contributed by atoms with Gasteiger partial charge in [0.2, 0.25) is 0 Å². The molecule has 0 spiro atoms. The Hall–Kier alpha value is -0.120. The summed E-state index contributed by atoms with van der Waals surface area (Å²) in [5.41, 5.74) is 0.347. The van der Waals surface area contributed by atoms with Crippen molar-refractivity contribution in [2.45, 2.75) is 70.9 Å². The first kappa shape index (κ1) is 16.9. The van der Waals surface area contributed by atoms with Crippen molar-refractivity contribution < 1.29 is 4.74 Å². The second kappa shape index (κ2) is 8.93. The highest BCUT2D eigenvalue weighted by Gasteiger charge is 2.41. The highest BCUT2D eigenvalue weighted by atomic mass is 16.5. The van der Waals surface area contributed by atoms with Crippen LogP contribution in [-0.2, 0) is 4.74 Å². The van der Waals surface area contributed by atoms with E-state index in [0.29, 0.717) is 11.6 Å². The lowest BCUT2D eigenvalue weighted by Gasteiger charge is -2.47. The second-order valence-electron chi connectivity index (χ2n) is 5.75. The molecular formula is C16H34N2O. The van der Waals surface area contributed by atoms with Crippen LogP contribution in [0.25, 0.3) is 0 Å². The molecule has 19 heavy (non-hydrogen) atoms. The molecule has 1 N–H and O–H groups in total. The van der Waals surface area contributed by atoms with Gasteiger partial charge in [0.1, 0.15) is 0 Å². The number of hydrogen-bond donors (Lipinski definition) is 1.